The minimum absolute atomic E-state index is 0.104. The van der Waals surface area contributed by atoms with Crippen molar-refractivity contribution in [2.24, 2.45) is 5.92 Å². The summed E-state index contributed by atoms with van der Waals surface area (Å²) in [6.07, 6.45) is 11.7. The topological polar surface area (TPSA) is 138 Å². The molecule has 7 rings (SSSR count). The Morgan fingerprint density at radius 3 is 2.65 bits per heavy atom. The molecule has 2 unspecified atom stereocenters. The molecule has 1 aromatic carbocycles. The molecule has 0 radical (unpaired) electrons. The molecule has 0 aliphatic carbocycles. The first-order valence-corrected chi connectivity index (χ1v) is 15.3. The van der Waals surface area contributed by atoms with Gasteiger partial charge in [-0.1, -0.05) is 41.8 Å². The number of aromatic nitrogens is 9. The van der Waals surface area contributed by atoms with Gasteiger partial charge in [0.25, 0.3) is 5.56 Å². The highest BCUT2D eigenvalue weighted by molar-refractivity contribution is 6.31. The standard InChI is InChI=1S/C32H26Cl2N10O2/c1-19-4-2-6-28(42-18-37-24(14-30(42)45)23-13-21(33)7-8-27(23)43-17-29(34)40-41-43)25-12-20(9-11-36-25)31-26(39-32(19)46)16-38-44(31)22-5-3-10-35-15-22/h3,5,7-19,28H,2,4,6H2,1H3,(H,39,46). The number of pyridine rings is 2. The van der Waals surface area contributed by atoms with Gasteiger partial charge in [-0.15, -0.1) is 5.10 Å². The van der Waals surface area contributed by atoms with Crippen molar-refractivity contribution in [2.75, 3.05) is 5.32 Å². The second kappa shape index (κ2) is 12.3. The highest BCUT2D eigenvalue weighted by Crippen LogP contribution is 2.34. The maximum atomic E-state index is 13.9. The lowest BCUT2D eigenvalue weighted by Gasteiger charge is -2.22. The van der Waals surface area contributed by atoms with Crippen molar-refractivity contribution in [3.05, 3.63) is 112 Å². The number of fused-ring (bicyclic) bond motifs is 4. The summed E-state index contributed by atoms with van der Waals surface area (Å²) in [5.74, 6) is -0.377. The minimum Gasteiger partial charge on any atom is -0.323 e. The van der Waals surface area contributed by atoms with Crippen molar-refractivity contribution in [1.29, 1.82) is 0 Å². The Morgan fingerprint density at radius 1 is 0.978 bits per heavy atom. The van der Waals surface area contributed by atoms with E-state index in [-0.39, 0.29) is 22.5 Å². The molecule has 5 aromatic heterocycles. The maximum Gasteiger partial charge on any atom is 0.254 e. The fraction of sp³-hybridized carbons (Fsp3) is 0.188. The molecule has 0 saturated heterocycles. The third kappa shape index (κ3) is 5.68. The summed E-state index contributed by atoms with van der Waals surface area (Å²) in [6, 6.07) is 13.7. The number of nitrogens with zero attached hydrogens (tertiary/aromatic N) is 9. The largest absolute Gasteiger partial charge is 0.323 e. The molecule has 0 fully saturated rings. The summed E-state index contributed by atoms with van der Waals surface area (Å²) in [7, 11) is 0. The Morgan fingerprint density at radius 2 is 1.87 bits per heavy atom. The monoisotopic (exact) mass is 652 g/mol. The van der Waals surface area contributed by atoms with Crippen molar-refractivity contribution in [3.63, 3.8) is 0 Å². The molecule has 2 bridgehead atoms. The number of rotatable bonds is 4. The lowest BCUT2D eigenvalue weighted by Crippen LogP contribution is -2.27. The van der Waals surface area contributed by atoms with Gasteiger partial charge in [-0.3, -0.25) is 24.1 Å². The summed E-state index contributed by atoms with van der Waals surface area (Å²) in [5.41, 5.74) is 4.78. The van der Waals surface area contributed by atoms with Gasteiger partial charge in [0.15, 0.2) is 5.15 Å². The zero-order chi connectivity index (χ0) is 31.8. The van der Waals surface area contributed by atoms with Gasteiger partial charge < -0.3 is 5.32 Å². The minimum atomic E-state index is -0.449. The molecular formula is C32H26Cl2N10O2. The first-order chi connectivity index (χ1) is 22.4. The molecule has 230 valence electrons. The van der Waals surface area contributed by atoms with Crippen LogP contribution in [0.5, 0.6) is 0 Å². The zero-order valence-electron chi connectivity index (χ0n) is 24.5. The van der Waals surface area contributed by atoms with Crippen molar-refractivity contribution >= 4 is 34.8 Å². The van der Waals surface area contributed by atoms with Crippen molar-refractivity contribution in [1.82, 2.24) is 44.3 Å². The Hall–Kier alpha value is -5.20. The Kier molecular flexibility index (Phi) is 7.89. The predicted octanol–water partition coefficient (Wildman–Crippen LogP) is 5.79. The molecule has 6 aromatic rings. The lowest BCUT2D eigenvalue weighted by atomic mass is 9.97. The number of carbonyl (C=O) groups is 1. The highest BCUT2D eigenvalue weighted by Gasteiger charge is 2.25. The van der Waals surface area contributed by atoms with E-state index < -0.39 is 6.04 Å². The van der Waals surface area contributed by atoms with Gasteiger partial charge >= 0.3 is 0 Å². The van der Waals surface area contributed by atoms with E-state index in [1.54, 1.807) is 58.4 Å². The quantitative estimate of drug-likeness (QED) is 0.253. The SMILES string of the molecule is CC1CCCC(n2cnc(-c3cc(Cl)ccc3-n3cc(Cl)nn3)cc2=O)c2cc(ccn2)-c2c(cnn2-c2cccnc2)NC1=O. The molecule has 12 nitrogen and oxygen atoms in total. The molecule has 1 N–H and O–H groups in total. The van der Waals surface area contributed by atoms with Gasteiger partial charge in [0.05, 0.1) is 65.1 Å². The third-order valence-corrected chi connectivity index (χ3v) is 8.40. The van der Waals surface area contributed by atoms with Crippen molar-refractivity contribution < 1.29 is 4.79 Å². The number of anilines is 1. The lowest BCUT2D eigenvalue weighted by molar-refractivity contribution is -0.119. The molecular weight excluding hydrogens is 627 g/mol. The van der Waals surface area contributed by atoms with Crippen LogP contribution < -0.4 is 10.9 Å². The van der Waals surface area contributed by atoms with Gasteiger partial charge in [0, 0.05) is 40.5 Å². The predicted molar refractivity (Wildman–Crippen MR) is 173 cm³/mol. The van der Waals surface area contributed by atoms with E-state index in [0.717, 1.165) is 11.3 Å². The number of benzene rings is 1. The van der Waals surface area contributed by atoms with E-state index in [9.17, 15) is 9.59 Å². The Balaban J connectivity index is 1.33. The Labute approximate surface area is 272 Å². The highest BCUT2D eigenvalue weighted by atomic mass is 35.5. The molecule has 6 heterocycles. The summed E-state index contributed by atoms with van der Waals surface area (Å²) < 4.78 is 4.83. The average molecular weight is 654 g/mol. The first kappa shape index (κ1) is 29.5. The molecule has 46 heavy (non-hydrogen) atoms. The summed E-state index contributed by atoms with van der Waals surface area (Å²) in [5, 5.41) is 16.3. The first-order valence-electron chi connectivity index (χ1n) is 14.6. The molecule has 14 heteroatoms. The van der Waals surface area contributed by atoms with Crippen LogP contribution in [-0.2, 0) is 4.79 Å². The van der Waals surface area contributed by atoms with E-state index in [4.69, 9.17) is 33.2 Å². The number of hydrogen-bond donors (Lipinski definition) is 1. The number of nitrogens with one attached hydrogen (secondary N) is 1. The van der Waals surface area contributed by atoms with Gasteiger partial charge in [-0.25, -0.2) is 14.3 Å². The second-order valence-corrected chi connectivity index (χ2v) is 11.8. The summed E-state index contributed by atoms with van der Waals surface area (Å²) in [4.78, 5) is 40.7. The van der Waals surface area contributed by atoms with Crippen molar-refractivity contribution in [2.45, 2.75) is 32.2 Å². The molecule has 1 aliphatic rings. The number of amides is 1. The number of halogens is 2. The van der Waals surface area contributed by atoms with Crippen LogP contribution >= 0.6 is 23.2 Å². The van der Waals surface area contributed by atoms with Gasteiger partial charge in [-0.2, -0.15) is 5.10 Å². The zero-order valence-corrected chi connectivity index (χ0v) is 26.0. The van der Waals surface area contributed by atoms with Crippen LogP contribution in [0.1, 0.15) is 37.9 Å². The Bertz CT molecular complexity index is 2130. The van der Waals surface area contributed by atoms with E-state index >= 15 is 0 Å². The number of hydrogen-bond acceptors (Lipinski definition) is 8. The molecule has 0 spiro atoms. The smallest absolute Gasteiger partial charge is 0.254 e. The van der Waals surface area contributed by atoms with Crippen LogP contribution in [0.2, 0.25) is 10.2 Å². The second-order valence-electron chi connectivity index (χ2n) is 11.0. The van der Waals surface area contributed by atoms with Crippen molar-refractivity contribution in [3.8, 4) is 33.9 Å². The fourth-order valence-corrected chi connectivity index (χ4v) is 5.97. The summed E-state index contributed by atoms with van der Waals surface area (Å²) in [6.45, 7) is 1.90. The van der Waals surface area contributed by atoms with Crippen LogP contribution in [0.3, 0.4) is 0 Å². The molecule has 1 amide bonds. The van der Waals surface area contributed by atoms with Crippen LogP contribution in [0.4, 0.5) is 5.69 Å². The van der Waals surface area contributed by atoms with Gasteiger partial charge in [-0.05, 0) is 55.3 Å². The molecule has 2 atom stereocenters. The van der Waals surface area contributed by atoms with E-state index in [2.05, 4.69) is 25.7 Å². The van der Waals surface area contributed by atoms with Gasteiger partial charge in [0.1, 0.15) is 0 Å². The van der Waals surface area contributed by atoms with Crippen LogP contribution in [-0.4, -0.2) is 50.2 Å². The van der Waals surface area contributed by atoms with Gasteiger partial charge in [0.2, 0.25) is 5.91 Å². The fourth-order valence-electron chi connectivity index (χ4n) is 5.67. The van der Waals surface area contributed by atoms with E-state index in [0.29, 0.717) is 58.3 Å². The summed E-state index contributed by atoms with van der Waals surface area (Å²) >= 11 is 12.4. The van der Waals surface area contributed by atoms with Crippen LogP contribution in [0.15, 0.2) is 90.6 Å². The molecule has 1 aliphatic heterocycles. The third-order valence-electron chi connectivity index (χ3n) is 7.99. The van der Waals surface area contributed by atoms with E-state index in [1.165, 1.54) is 17.1 Å². The molecule has 0 saturated carbocycles. The normalized spacial score (nSPS) is 16.6. The average Bonchev–Trinajstić information content (AvgIpc) is 3.69. The van der Waals surface area contributed by atoms with Crippen LogP contribution in [0, 0.1) is 5.92 Å². The van der Waals surface area contributed by atoms with Crippen LogP contribution in [0.25, 0.3) is 33.9 Å². The van der Waals surface area contributed by atoms with E-state index in [1.807, 2.05) is 31.2 Å². The number of carbonyl (C=O) groups excluding carboxylic acids is 1. The maximum absolute atomic E-state index is 13.9.